The number of rotatable bonds is 8. The standard InChI is InChI=1S/C16H28N4O2S/c1-5-23(21,22)19-12-8-11-18-16(17-3)20(4)13-15-10-7-6-9-14(15)2/h6-7,9-10,19H,5,8,11-13H2,1-4H3,(H,17,18). The lowest BCUT2D eigenvalue weighted by Crippen LogP contribution is -2.39. The number of guanidine groups is 1. The summed E-state index contributed by atoms with van der Waals surface area (Å²) >= 11 is 0. The topological polar surface area (TPSA) is 73.8 Å². The van der Waals surface area contributed by atoms with Crippen molar-refractivity contribution >= 4 is 16.0 Å². The number of hydrogen-bond donors (Lipinski definition) is 2. The Kier molecular flexibility index (Phi) is 8.05. The van der Waals surface area contributed by atoms with E-state index in [9.17, 15) is 8.42 Å². The van der Waals surface area contributed by atoms with Gasteiger partial charge in [0.25, 0.3) is 0 Å². The zero-order valence-corrected chi connectivity index (χ0v) is 15.3. The largest absolute Gasteiger partial charge is 0.356 e. The fourth-order valence-corrected chi connectivity index (χ4v) is 2.78. The molecule has 6 nitrogen and oxygen atoms in total. The van der Waals surface area contributed by atoms with Crippen LogP contribution in [-0.2, 0) is 16.6 Å². The lowest BCUT2D eigenvalue weighted by molar-refractivity contribution is 0.474. The van der Waals surface area contributed by atoms with Crippen LogP contribution in [0.4, 0.5) is 0 Å². The van der Waals surface area contributed by atoms with Gasteiger partial charge in [-0.3, -0.25) is 4.99 Å². The molecule has 1 aromatic carbocycles. The van der Waals surface area contributed by atoms with Crippen LogP contribution in [0.5, 0.6) is 0 Å². The summed E-state index contributed by atoms with van der Waals surface area (Å²) < 4.78 is 25.2. The molecule has 1 rings (SSSR count). The van der Waals surface area contributed by atoms with Gasteiger partial charge in [0.15, 0.2) is 5.96 Å². The fourth-order valence-electron chi connectivity index (χ4n) is 2.12. The van der Waals surface area contributed by atoms with E-state index in [1.165, 1.54) is 11.1 Å². The fraction of sp³-hybridized carbons (Fsp3) is 0.562. The minimum atomic E-state index is -3.11. The van der Waals surface area contributed by atoms with Gasteiger partial charge in [0.1, 0.15) is 0 Å². The number of benzene rings is 1. The molecule has 0 saturated carbocycles. The molecule has 0 radical (unpaired) electrons. The second kappa shape index (κ2) is 9.52. The van der Waals surface area contributed by atoms with E-state index in [0.29, 0.717) is 19.5 Å². The van der Waals surface area contributed by atoms with Gasteiger partial charge in [-0.05, 0) is 31.4 Å². The predicted molar refractivity (Wildman–Crippen MR) is 96.1 cm³/mol. The van der Waals surface area contributed by atoms with E-state index in [2.05, 4.69) is 39.0 Å². The molecular formula is C16H28N4O2S. The summed E-state index contributed by atoms with van der Waals surface area (Å²) in [6.07, 6.45) is 0.705. The van der Waals surface area contributed by atoms with Gasteiger partial charge in [0, 0.05) is 33.7 Å². The first-order valence-electron chi connectivity index (χ1n) is 7.83. The molecule has 0 aliphatic heterocycles. The zero-order chi connectivity index (χ0) is 17.3. The van der Waals surface area contributed by atoms with Gasteiger partial charge in [-0.1, -0.05) is 24.3 Å². The van der Waals surface area contributed by atoms with Crippen molar-refractivity contribution in [3.05, 3.63) is 35.4 Å². The number of sulfonamides is 1. The van der Waals surface area contributed by atoms with Crippen molar-refractivity contribution in [1.82, 2.24) is 14.9 Å². The smallest absolute Gasteiger partial charge is 0.211 e. The summed E-state index contributed by atoms with van der Waals surface area (Å²) in [5.41, 5.74) is 2.51. The zero-order valence-electron chi connectivity index (χ0n) is 14.5. The Balaban J connectivity index is 2.41. The summed E-state index contributed by atoms with van der Waals surface area (Å²) in [6, 6.07) is 8.27. The highest BCUT2D eigenvalue weighted by Crippen LogP contribution is 2.09. The number of hydrogen-bond acceptors (Lipinski definition) is 3. The first-order chi connectivity index (χ1) is 10.9. The van der Waals surface area contributed by atoms with Gasteiger partial charge in [-0.15, -0.1) is 0 Å². The molecule has 1 aromatic rings. The molecule has 23 heavy (non-hydrogen) atoms. The second-order valence-corrected chi connectivity index (χ2v) is 7.50. The lowest BCUT2D eigenvalue weighted by atomic mass is 10.1. The van der Waals surface area contributed by atoms with Crippen LogP contribution >= 0.6 is 0 Å². The summed E-state index contributed by atoms with van der Waals surface area (Å²) in [7, 11) is 0.628. The van der Waals surface area contributed by atoms with Gasteiger partial charge >= 0.3 is 0 Å². The van der Waals surface area contributed by atoms with E-state index in [1.54, 1.807) is 14.0 Å². The Morgan fingerprint density at radius 1 is 1.26 bits per heavy atom. The molecule has 0 aliphatic rings. The minimum absolute atomic E-state index is 0.112. The Hall–Kier alpha value is -1.60. The summed E-state index contributed by atoms with van der Waals surface area (Å²) in [5, 5.41) is 3.25. The molecular weight excluding hydrogens is 312 g/mol. The van der Waals surface area contributed by atoms with Crippen LogP contribution in [0.15, 0.2) is 29.3 Å². The van der Waals surface area contributed by atoms with Gasteiger partial charge < -0.3 is 10.2 Å². The Morgan fingerprint density at radius 2 is 1.96 bits per heavy atom. The van der Waals surface area contributed by atoms with Gasteiger partial charge in [0.2, 0.25) is 10.0 Å². The van der Waals surface area contributed by atoms with Crippen molar-refractivity contribution in [1.29, 1.82) is 0 Å². The molecule has 0 aromatic heterocycles. The Bertz CT molecular complexity index is 614. The first-order valence-corrected chi connectivity index (χ1v) is 9.48. The van der Waals surface area contributed by atoms with Gasteiger partial charge in [-0.2, -0.15) is 0 Å². The predicted octanol–water partition coefficient (Wildman–Crippen LogP) is 1.33. The Labute approximate surface area is 140 Å². The maximum absolute atomic E-state index is 11.3. The SMILES string of the molecule is CCS(=O)(=O)NCCCNC(=NC)N(C)Cc1ccccc1C. The molecule has 7 heteroatoms. The van der Waals surface area contributed by atoms with Crippen molar-refractivity contribution in [2.75, 3.05) is 32.9 Å². The molecule has 0 saturated heterocycles. The van der Waals surface area contributed by atoms with E-state index >= 15 is 0 Å². The highest BCUT2D eigenvalue weighted by atomic mass is 32.2. The van der Waals surface area contributed by atoms with Crippen LogP contribution in [0.25, 0.3) is 0 Å². The van der Waals surface area contributed by atoms with Crippen molar-refractivity contribution in [3.8, 4) is 0 Å². The molecule has 0 amide bonds. The molecule has 2 N–H and O–H groups in total. The van der Waals surface area contributed by atoms with Crippen LogP contribution < -0.4 is 10.0 Å². The molecule has 0 unspecified atom stereocenters. The van der Waals surface area contributed by atoms with E-state index in [0.717, 1.165) is 12.5 Å². The highest BCUT2D eigenvalue weighted by Gasteiger charge is 2.08. The quantitative estimate of drug-likeness (QED) is 0.425. The van der Waals surface area contributed by atoms with Crippen molar-refractivity contribution < 1.29 is 8.42 Å². The third-order valence-corrected chi connectivity index (χ3v) is 4.98. The average Bonchev–Trinajstić information content (AvgIpc) is 2.53. The third-order valence-electron chi connectivity index (χ3n) is 3.58. The van der Waals surface area contributed by atoms with Crippen LogP contribution in [0, 0.1) is 6.92 Å². The maximum atomic E-state index is 11.3. The monoisotopic (exact) mass is 340 g/mol. The molecule has 0 spiro atoms. The molecule has 130 valence electrons. The molecule has 0 bridgehead atoms. The number of nitrogens with zero attached hydrogens (tertiary/aromatic N) is 2. The first kappa shape index (κ1) is 19.4. The van der Waals surface area contributed by atoms with E-state index in [4.69, 9.17) is 0 Å². The molecule has 0 heterocycles. The molecule has 0 fully saturated rings. The van der Waals surface area contributed by atoms with Crippen LogP contribution in [0.2, 0.25) is 0 Å². The summed E-state index contributed by atoms with van der Waals surface area (Å²) in [4.78, 5) is 6.32. The van der Waals surface area contributed by atoms with E-state index < -0.39 is 10.0 Å². The van der Waals surface area contributed by atoms with Gasteiger partial charge in [-0.25, -0.2) is 13.1 Å². The maximum Gasteiger partial charge on any atom is 0.211 e. The number of aliphatic imine (C=N–C) groups is 1. The second-order valence-electron chi connectivity index (χ2n) is 5.41. The van der Waals surface area contributed by atoms with Crippen LogP contribution in [0.1, 0.15) is 24.5 Å². The van der Waals surface area contributed by atoms with E-state index in [-0.39, 0.29) is 5.75 Å². The van der Waals surface area contributed by atoms with Gasteiger partial charge in [0.05, 0.1) is 5.75 Å². The molecule has 0 aliphatic carbocycles. The normalized spacial score (nSPS) is 12.3. The van der Waals surface area contributed by atoms with Crippen LogP contribution in [-0.4, -0.2) is 52.2 Å². The lowest BCUT2D eigenvalue weighted by Gasteiger charge is -2.23. The summed E-state index contributed by atoms with van der Waals surface area (Å²) in [6.45, 7) is 5.59. The van der Waals surface area contributed by atoms with Crippen molar-refractivity contribution in [2.45, 2.75) is 26.8 Å². The number of aryl methyl sites for hydroxylation is 1. The van der Waals surface area contributed by atoms with Crippen molar-refractivity contribution in [2.24, 2.45) is 4.99 Å². The third kappa shape index (κ3) is 7.00. The minimum Gasteiger partial charge on any atom is -0.356 e. The summed E-state index contributed by atoms with van der Waals surface area (Å²) in [5.74, 6) is 0.910. The Morgan fingerprint density at radius 3 is 2.57 bits per heavy atom. The molecule has 0 atom stereocenters. The van der Waals surface area contributed by atoms with E-state index in [1.807, 2.05) is 19.2 Å². The number of nitrogens with one attached hydrogen (secondary N) is 2. The van der Waals surface area contributed by atoms with Crippen LogP contribution in [0.3, 0.4) is 0 Å². The average molecular weight is 340 g/mol. The van der Waals surface area contributed by atoms with Crippen molar-refractivity contribution in [3.63, 3.8) is 0 Å². The highest BCUT2D eigenvalue weighted by molar-refractivity contribution is 7.89.